The van der Waals surface area contributed by atoms with Gasteiger partial charge in [-0.05, 0) is 39.3 Å². The van der Waals surface area contributed by atoms with Crippen LogP contribution in [0.2, 0.25) is 0 Å². The summed E-state index contributed by atoms with van der Waals surface area (Å²) in [6.07, 6.45) is 1.37. The molecule has 0 bridgehead atoms. The standard InChI is InChI=1S/C17H28N2O2/c1-6-15(7-2)19-17(20)13(4)21-16-12(3)9-8-10-14(16)11-18-5/h8-10,13,15,18H,6-7,11H2,1-5H3,(H,19,20). The lowest BCUT2D eigenvalue weighted by Gasteiger charge is -2.21. The van der Waals surface area contributed by atoms with E-state index in [2.05, 4.69) is 24.5 Å². The first kappa shape index (κ1) is 17.5. The number of nitrogens with one attached hydrogen (secondary N) is 2. The third-order valence-corrected chi connectivity index (χ3v) is 3.66. The highest BCUT2D eigenvalue weighted by atomic mass is 16.5. The number of amides is 1. The Kier molecular flexibility index (Phi) is 7.23. The summed E-state index contributed by atoms with van der Waals surface area (Å²) in [7, 11) is 1.90. The zero-order chi connectivity index (χ0) is 15.8. The Morgan fingerprint density at radius 2 is 1.95 bits per heavy atom. The van der Waals surface area contributed by atoms with E-state index in [4.69, 9.17) is 4.74 Å². The number of para-hydroxylation sites is 1. The summed E-state index contributed by atoms with van der Waals surface area (Å²) in [4.78, 5) is 12.2. The Hall–Kier alpha value is -1.55. The molecule has 0 saturated carbocycles. The number of hydrogen-bond donors (Lipinski definition) is 2. The Bertz CT molecular complexity index is 456. The van der Waals surface area contributed by atoms with Crippen molar-refractivity contribution >= 4 is 5.91 Å². The van der Waals surface area contributed by atoms with Crippen molar-refractivity contribution in [3.05, 3.63) is 29.3 Å². The van der Waals surface area contributed by atoms with Crippen molar-refractivity contribution in [2.75, 3.05) is 7.05 Å². The molecule has 0 heterocycles. The van der Waals surface area contributed by atoms with Crippen LogP contribution in [-0.2, 0) is 11.3 Å². The van der Waals surface area contributed by atoms with Crippen LogP contribution >= 0.6 is 0 Å². The largest absolute Gasteiger partial charge is 0.480 e. The van der Waals surface area contributed by atoms with Crippen molar-refractivity contribution in [1.29, 1.82) is 0 Å². The first-order valence-corrected chi connectivity index (χ1v) is 7.73. The fraction of sp³-hybridized carbons (Fsp3) is 0.588. The molecule has 0 saturated heterocycles. The van der Waals surface area contributed by atoms with E-state index in [0.29, 0.717) is 0 Å². The van der Waals surface area contributed by atoms with Crippen molar-refractivity contribution in [3.63, 3.8) is 0 Å². The van der Waals surface area contributed by atoms with Gasteiger partial charge in [-0.15, -0.1) is 0 Å². The van der Waals surface area contributed by atoms with Crippen molar-refractivity contribution in [2.45, 2.75) is 59.2 Å². The van der Waals surface area contributed by atoms with Gasteiger partial charge >= 0.3 is 0 Å². The van der Waals surface area contributed by atoms with E-state index in [9.17, 15) is 4.79 Å². The summed E-state index contributed by atoms with van der Waals surface area (Å²) < 4.78 is 5.93. The summed E-state index contributed by atoms with van der Waals surface area (Å²) in [6.45, 7) is 8.67. The lowest BCUT2D eigenvalue weighted by atomic mass is 10.1. The molecule has 2 N–H and O–H groups in total. The molecule has 1 rings (SSSR count). The fourth-order valence-corrected chi connectivity index (χ4v) is 2.25. The van der Waals surface area contributed by atoms with E-state index in [0.717, 1.165) is 36.3 Å². The number of carbonyl (C=O) groups excluding carboxylic acids is 1. The number of hydrogen-bond acceptors (Lipinski definition) is 3. The Labute approximate surface area is 128 Å². The van der Waals surface area contributed by atoms with E-state index in [-0.39, 0.29) is 11.9 Å². The first-order chi connectivity index (χ1) is 10.0. The molecule has 0 aliphatic carbocycles. The lowest BCUT2D eigenvalue weighted by molar-refractivity contribution is -0.128. The van der Waals surface area contributed by atoms with Gasteiger partial charge in [0.1, 0.15) is 5.75 Å². The minimum Gasteiger partial charge on any atom is -0.480 e. The maximum absolute atomic E-state index is 12.2. The zero-order valence-corrected chi connectivity index (χ0v) is 13.8. The van der Waals surface area contributed by atoms with Crippen LogP contribution in [0.15, 0.2) is 18.2 Å². The third kappa shape index (κ3) is 5.05. The maximum Gasteiger partial charge on any atom is 0.260 e. The second-order valence-electron chi connectivity index (χ2n) is 5.38. The molecule has 0 aromatic heterocycles. The summed E-state index contributed by atoms with van der Waals surface area (Å²) >= 11 is 0. The molecule has 0 aliphatic heterocycles. The van der Waals surface area contributed by atoms with Crippen LogP contribution in [0.1, 0.15) is 44.7 Å². The first-order valence-electron chi connectivity index (χ1n) is 7.73. The van der Waals surface area contributed by atoms with Crippen molar-refractivity contribution < 1.29 is 9.53 Å². The molecule has 0 fully saturated rings. The van der Waals surface area contributed by atoms with Gasteiger partial charge in [-0.3, -0.25) is 4.79 Å². The second kappa shape index (κ2) is 8.67. The number of carbonyl (C=O) groups is 1. The molecule has 1 atom stereocenters. The zero-order valence-electron chi connectivity index (χ0n) is 13.8. The molecule has 1 unspecified atom stereocenters. The van der Waals surface area contributed by atoms with Crippen LogP contribution in [-0.4, -0.2) is 25.1 Å². The summed E-state index contributed by atoms with van der Waals surface area (Å²) in [5, 5.41) is 6.15. The highest BCUT2D eigenvalue weighted by Gasteiger charge is 2.19. The van der Waals surface area contributed by atoms with Crippen LogP contribution < -0.4 is 15.4 Å². The van der Waals surface area contributed by atoms with E-state index in [1.165, 1.54) is 0 Å². The van der Waals surface area contributed by atoms with Crippen molar-refractivity contribution in [2.24, 2.45) is 0 Å². The molecule has 4 nitrogen and oxygen atoms in total. The number of ether oxygens (including phenoxy) is 1. The molecule has 1 aromatic rings. The van der Waals surface area contributed by atoms with Crippen LogP contribution in [0.5, 0.6) is 5.75 Å². The van der Waals surface area contributed by atoms with Crippen LogP contribution in [0.25, 0.3) is 0 Å². The lowest BCUT2D eigenvalue weighted by Crippen LogP contribution is -2.42. The monoisotopic (exact) mass is 292 g/mol. The molecule has 21 heavy (non-hydrogen) atoms. The number of rotatable bonds is 8. The average molecular weight is 292 g/mol. The summed E-state index contributed by atoms with van der Waals surface area (Å²) in [5.41, 5.74) is 2.12. The van der Waals surface area contributed by atoms with Crippen LogP contribution in [0.4, 0.5) is 0 Å². The number of aryl methyl sites for hydroxylation is 1. The van der Waals surface area contributed by atoms with Gasteiger partial charge in [0, 0.05) is 18.2 Å². The normalized spacial score (nSPS) is 12.3. The highest BCUT2D eigenvalue weighted by Crippen LogP contribution is 2.24. The topological polar surface area (TPSA) is 50.4 Å². The van der Waals surface area contributed by atoms with Gasteiger partial charge in [0.15, 0.2) is 6.10 Å². The molecule has 0 spiro atoms. The van der Waals surface area contributed by atoms with E-state index in [1.54, 1.807) is 6.92 Å². The van der Waals surface area contributed by atoms with Gasteiger partial charge in [0.2, 0.25) is 0 Å². The van der Waals surface area contributed by atoms with Crippen LogP contribution in [0.3, 0.4) is 0 Å². The van der Waals surface area contributed by atoms with Gasteiger partial charge in [0.25, 0.3) is 5.91 Å². The third-order valence-electron chi connectivity index (χ3n) is 3.66. The predicted octanol–water partition coefficient (Wildman–Crippen LogP) is 2.79. The Morgan fingerprint density at radius 1 is 1.29 bits per heavy atom. The molecule has 1 aromatic carbocycles. The molecule has 4 heteroatoms. The van der Waals surface area contributed by atoms with E-state index < -0.39 is 6.10 Å². The van der Waals surface area contributed by atoms with E-state index in [1.807, 2.05) is 32.2 Å². The minimum atomic E-state index is -0.498. The molecule has 118 valence electrons. The molecule has 1 amide bonds. The highest BCUT2D eigenvalue weighted by molar-refractivity contribution is 5.81. The van der Waals surface area contributed by atoms with Gasteiger partial charge in [0.05, 0.1) is 0 Å². The molecule has 0 radical (unpaired) electrons. The van der Waals surface area contributed by atoms with E-state index >= 15 is 0 Å². The summed E-state index contributed by atoms with van der Waals surface area (Å²) in [6, 6.07) is 6.24. The fourth-order valence-electron chi connectivity index (χ4n) is 2.25. The predicted molar refractivity (Wildman–Crippen MR) is 86.5 cm³/mol. The average Bonchev–Trinajstić information content (AvgIpc) is 2.48. The minimum absolute atomic E-state index is 0.0534. The smallest absolute Gasteiger partial charge is 0.260 e. The maximum atomic E-state index is 12.2. The molecule has 0 aliphatic rings. The van der Waals surface area contributed by atoms with Gasteiger partial charge in [-0.25, -0.2) is 0 Å². The van der Waals surface area contributed by atoms with Crippen molar-refractivity contribution in [1.82, 2.24) is 10.6 Å². The summed E-state index contributed by atoms with van der Waals surface area (Å²) in [5.74, 6) is 0.751. The second-order valence-corrected chi connectivity index (χ2v) is 5.38. The van der Waals surface area contributed by atoms with Gasteiger partial charge in [-0.1, -0.05) is 32.0 Å². The quantitative estimate of drug-likeness (QED) is 0.774. The Balaban J connectivity index is 2.78. The number of benzene rings is 1. The van der Waals surface area contributed by atoms with Crippen LogP contribution in [0, 0.1) is 6.92 Å². The molecular weight excluding hydrogens is 264 g/mol. The van der Waals surface area contributed by atoms with Gasteiger partial charge < -0.3 is 15.4 Å². The van der Waals surface area contributed by atoms with Gasteiger partial charge in [-0.2, -0.15) is 0 Å². The van der Waals surface area contributed by atoms with Crippen molar-refractivity contribution in [3.8, 4) is 5.75 Å². The molecular formula is C17H28N2O2. The SMILES string of the molecule is CCC(CC)NC(=O)C(C)Oc1c(C)cccc1CNC. The Morgan fingerprint density at radius 3 is 2.52 bits per heavy atom.